The molecule has 3 aromatic rings. The summed E-state index contributed by atoms with van der Waals surface area (Å²) in [5, 5.41) is 3.05. The van der Waals surface area contributed by atoms with E-state index >= 15 is 0 Å². The third-order valence-electron chi connectivity index (χ3n) is 5.75. The van der Waals surface area contributed by atoms with Crippen LogP contribution in [0.5, 0.6) is 5.75 Å². The zero-order valence-electron chi connectivity index (χ0n) is 17.4. The number of amides is 1. The SMILES string of the molecule is CSCCNC(=O)c1cc2c(nc(C)n2C)c2c1CC[C@@H](c1ccccc1C)O2. The van der Waals surface area contributed by atoms with Gasteiger partial charge in [0.15, 0.2) is 5.75 Å². The summed E-state index contributed by atoms with van der Waals surface area (Å²) in [4.78, 5) is 17.7. The summed E-state index contributed by atoms with van der Waals surface area (Å²) in [5.74, 6) is 2.53. The minimum atomic E-state index is -0.0333. The number of nitrogens with zero attached hydrogens (tertiary/aromatic N) is 2. The molecule has 0 saturated carbocycles. The van der Waals surface area contributed by atoms with Gasteiger partial charge in [-0.3, -0.25) is 4.79 Å². The van der Waals surface area contributed by atoms with Crippen molar-refractivity contribution < 1.29 is 9.53 Å². The van der Waals surface area contributed by atoms with Crippen molar-refractivity contribution >= 4 is 28.7 Å². The first-order chi connectivity index (χ1) is 14.0. The Labute approximate surface area is 175 Å². The van der Waals surface area contributed by atoms with Crippen molar-refractivity contribution in [2.24, 2.45) is 7.05 Å². The molecule has 2 heterocycles. The van der Waals surface area contributed by atoms with Crippen molar-refractivity contribution in [1.82, 2.24) is 14.9 Å². The maximum atomic E-state index is 13.0. The van der Waals surface area contributed by atoms with Crippen LogP contribution in [0.25, 0.3) is 11.0 Å². The molecule has 0 fully saturated rings. The predicted octanol–water partition coefficient (Wildman–Crippen LogP) is 4.35. The lowest BCUT2D eigenvalue weighted by atomic mass is 9.91. The second kappa shape index (κ2) is 8.11. The van der Waals surface area contributed by atoms with E-state index in [1.54, 1.807) is 11.8 Å². The number of imidazole rings is 1. The Morgan fingerprint density at radius 1 is 1.34 bits per heavy atom. The fourth-order valence-electron chi connectivity index (χ4n) is 4.03. The first-order valence-electron chi connectivity index (χ1n) is 9.99. The maximum Gasteiger partial charge on any atom is 0.251 e. The predicted molar refractivity (Wildman–Crippen MR) is 119 cm³/mol. The molecule has 152 valence electrons. The van der Waals surface area contributed by atoms with Crippen LogP contribution < -0.4 is 10.1 Å². The van der Waals surface area contributed by atoms with Crippen LogP contribution in [0.3, 0.4) is 0 Å². The summed E-state index contributed by atoms with van der Waals surface area (Å²) < 4.78 is 8.56. The van der Waals surface area contributed by atoms with Crippen LogP contribution in [-0.2, 0) is 13.5 Å². The second-order valence-electron chi connectivity index (χ2n) is 7.57. The van der Waals surface area contributed by atoms with Gasteiger partial charge in [-0.2, -0.15) is 11.8 Å². The van der Waals surface area contributed by atoms with Gasteiger partial charge in [-0.25, -0.2) is 4.98 Å². The van der Waals surface area contributed by atoms with Crippen LogP contribution in [0.4, 0.5) is 0 Å². The number of carbonyl (C=O) groups excluding carboxylic acids is 1. The molecule has 0 spiro atoms. The number of aromatic nitrogens is 2. The minimum absolute atomic E-state index is 0.0241. The molecule has 1 aliphatic rings. The fraction of sp³-hybridized carbons (Fsp3) is 0.391. The molecule has 2 aromatic carbocycles. The number of thioether (sulfide) groups is 1. The molecule has 1 atom stereocenters. The number of rotatable bonds is 5. The molecule has 0 saturated heterocycles. The summed E-state index contributed by atoms with van der Waals surface area (Å²) in [6.45, 7) is 4.75. The highest BCUT2D eigenvalue weighted by Crippen LogP contribution is 2.42. The molecule has 5 nitrogen and oxygen atoms in total. The quantitative estimate of drug-likeness (QED) is 0.637. The Balaban J connectivity index is 1.80. The standard InChI is InChI=1S/C23H27N3O2S/c1-14-7-5-6-8-16(14)20-10-9-17-18(23(27)24-11-12-29-4)13-19-21(22(17)28-20)25-15(2)26(19)3/h5-8,13,20H,9-12H2,1-4H3,(H,24,27)/t20-/m0/s1. The van der Waals surface area contributed by atoms with Gasteiger partial charge in [0.2, 0.25) is 0 Å². The Morgan fingerprint density at radius 3 is 2.90 bits per heavy atom. The van der Waals surface area contributed by atoms with Crippen molar-refractivity contribution in [3.8, 4) is 5.75 Å². The Morgan fingerprint density at radius 2 is 2.14 bits per heavy atom. The third-order valence-corrected chi connectivity index (χ3v) is 6.36. The zero-order chi connectivity index (χ0) is 20.5. The summed E-state index contributed by atoms with van der Waals surface area (Å²) in [7, 11) is 1.98. The summed E-state index contributed by atoms with van der Waals surface area (Å²) in [6, 6.07) is 10.3. The molecule has 29 heavy (non-hydrogen) atoms. The van der Waals surface area contributed by atoms with Crippen LogP contribution in [0.2, 0.25) is 0 Å². The lowest BCUT2D eigenvalue weighted by molar-refractivity contribution is 0.0952. The van der Waals surface area contributed by atoms with Gasteiger partial charge in [-0.15, -0.1) is 0 Å². The number of hydrogen-bond donors (Lipinski definition) is 1. The molecule has 0 aliphatic carbocycles. The molecule has 0 unspecified atom stereocenters. The number of aryl methyl sites for hydroxylation is 3. The van der Waals surface area contributed by atoms with Crippen LogP contribution >= 0.6 is 11.8 Å². The highest BCUT2D eigenvalue weighted by atomic mass is 32.2. The van der Waals surface area contributed by atoms with Crippen LogP contribution in [-0.4, -0.2) is 34.0 Å². The molecule has 1 amide bonds. The van der Waals surface area contributed by atoms with E-state index in [0.29, 0.717) is 12.1 Å². The molecule has 1 aliphatic heterocycles. The zero-order valence-corrected chi connectivity index (χ0v) is 18.2. The number of nitrogens with one attached hydrogen (secondary N) is 1. The molecule has 1 N–H and O–H groups in total. The Hall–Kier alpha value is -2.47. The monoisotopic (exact) mass is 409 g/mol. The van der Waals surface area contributed by atoms with Crippen molar-refractivity contribution in [2.75, 3.05) is 18.6 Å². The van der Waals surface area contributed by atoms with E-state index in [0.717, 1.165) is 46.8 Å². The Kier molecular flexibility index (Phi) is 5.54. The Bertz CT molecular complexity index is 1070. The van der Waals surface area contributed by atoms with Gasteiger partial charge >= 0.3 is 0 Å². The van der Waals surface area contributed by atoms with E-state index in [2.05, 4.69) is 30.4 Å². The molecular formula is C23H27N3O2S. The van der Waals surface area contributed by atoms with Crippen molar-refractivity contribution in [3.05, 3.63) is 58.4 Å². The molecule has 4 rings (SSSR count). The molecule has 6 heteroatoms. The van der Waals surface area contributed by atoms with Gasteiger partial charge in [0.25, 0.3) is 5.91 Å². The van der Waals surface area contributed by atoms with Crippen LogP contribution in [0.15, 0.2) is 30.3 Å². The van der Waals surface area contributed by atoms with Gasteiger partial charge < -0.3 is 14.6 Å². The average Bonchev–Trinajstić information content (AvgIpc) is 3.02. The number of benzene rings is 2. The summed E-state index contributed by atoms with van der Waals surface area (Å²) in [6.07, 6.45) is 3.66. The molecule has 0 bridgehead atoms. The largest absolute Gasteiger partial charge is 0.483 e. The number of hydrogen-bond acceptors (Lipinski definition) is 4. The number of fused-ring (bicyclic) bond motifs is 3. The van der Waals surface area contributed by atoms with E-state index < -0.39 is 0 Å². The second-order valence-corrected chi connectivity index (χ2v) is 8.55. The lowest BCUT2D eigenvalue weighted by Crippen LogP contribution is -2.28. The highest BCUT2D eigenvalue weighted by molar-refractivity contribution is 7.98. The minimum Gasteiger partial charge on any atom is -0.483 e. The fourth-order valence-corrected chi connectivity index (χ4v) is 4.34. The number of carbonyl (C=O) groups is 1. The summed E-state index contributed by atoms with van der Waals surface area (Å²) >= 11 is 1.72. The highest BCUT2D eigenvalue weighted by Gasteiger charge is 2.30. The number of ether oxygens (including phenoxy) is 1. The smallest absolute Gasteiger partial charge is 0.251 e. The van der Waals surface area contributed by atoms with Gasteiger partial charge in [0, 0.05) is 30.5 Å². The van der Waals surface area contributed by atoms with Gasteiger partial charge in [0.05, 0.1) is 5.52 Å². The summed E-state index contributed by atoms with van der Waals surface area (Å²) in [5.41, 5.74) is 5.89. The first kappa shape index (κ1) is 19.8. The van der Waals surface area contributed by atoms with Gasteiger partial charge in [-0.1, -0.05) is 24.3 Å². The average molecular weight is 410 g/mol. The van der Waals surface area contributed by atoms with Gasteiger partial charge in [-0.05, 0) is 50.1 Å². The molecule has 0 radical (unpaired) electrons. The normalized spacial score (nSPS) is 15.8. The third kappa shape index (κ3) is 3.62. The topological polar surface area (TPSA) is 56.2 Å². The van der Waals surface area contributed by atoms with E-state index in [9.17, 15) is 4.79 Å². The first-order valence-corrected chi connectivity index (χ1v) is 11.4. The van der Waals surface area contributed by atoms with E-state index in [-0.39, 0.29) is 12.0 Å². The van der Waals surface area contributed by atoms with Gasteiger partial charge in [0.1, 0.15) is 17.4 Å². The van der Waals surface area contributed by atoms with Crippen molar-refractivity contribution in [2.45, 2.75) is 32.8 Å². The van der Waals surface area contributed by atoms with Crippen molar-refractivity contribution in [1.29, 1.82) is 0 Å². The van der Waals surface area contributed by atoms with Crippen molar-refractivity contribution in [3.63, 3.8) is 0 Å². The van der Waals surface area contributed by atoms with E-state index in [4.69, 9.17) is 9.72 Å². The molecule has 1 aromatic heterocycles. The lowest BCUT2D eigenvalue weighted by Gasteiger charge is -2.29. The maximum absolute atomic E-state index is 13.0. The van der Waals surface area contributed by atoms with E-state index in [1.165, 1.54) is 11.1 Å². The van der Waals surface area contributed by atoms with Crippen LogP contribution in [0, 0.1) is 13.8 Å². The van der Waals surface area contributed by atoms with E-state index in [1.807, 2.05) is 36.9 Å². The molecular weight excluding hydrogens is 382 g/mol. The van der Waals surface area contributed by atoms with Crippen LogP contribution in [0.1, 0.15) is 45.4 Å².